The van der Waals surface area contributed by atoms with Crippen molar-refractivity contribution in [1.29, 1.82) is 0 Å². The van der Waals surface area contributed by atoms with Crippen molar-refractivity contribution >= 4 is 0 Å². The number of aryl methyl sites for hydroxylation is 2. The van der Waals surface area contributed by atoms with E-state index in [4.69, 9.17) is 4.74 Å². The summed E-state index contributed by atoms with van der Waals surface area (Å²) < 4.78 is 5.34. The fourth-order valence-electron chi connectivity index (χ4n) is 3.65. The highest BCUT2D eigenvalue weighted by Gasteiger charge is 2.32. The third-order valence-corrected chi connectivity index (χ3v) is 4.97. The van der Waals surface area contributed by atoms with Crippen LogP contribution >= 0.6 is 0 Å². The van der Waals surface area contributed by atoms with E-state index in [2.05, 4.69) is 37.5 Å². The van der Waals surface area contributed by atoms with Gasteiger partial charge in [0, 0.05) is 0 Å². The molecule has 0 aliphatic heterocycles. The summed E-state index contributed by atoms with van der Waals surface area (Å²) in [5.41, 5.74) is 3.30. The molecule has 1 saturated carbocycles. The van der Waals surface area contributed by atoms with Crippen molar-refractivity contribution in [3.05, 3.63) is 29.3 Å². The molecule has 0 aromatic heterocycles. The molecule has 0 spiro atoms. The fraction of sp³-hybridized carbons (Fsp3) is 0.667. The van der Waals surface area contributed by atoms with Gasteiger partial charge >= 0.3 is 0 Å². The molecule has 0 amide bonds. The first-order valence-electron chi connectivity index (χ1n) is 7.97. The molecule has 0 radical (unpaired) electrons. The zero-order valence-corrected chi connectivity index (χ0v) is 13.3. The molecule has 1 aromatic carbocycles. The van der Waals surface area contributed by atoms with Gasteiger partial charge in [-0.3, -0.25) is 0 Å². The predicted octanol–water partition coefficient (Wildman–Crippen LogP) is 4.11. The van der Waals surface area contributed by atoms with Gasteiger partial charge < -0.3 is 10.1 Å². The minimum absolute atomic E-state index is 0.594. The maximum atomic E-state index is 5.34. The van der Waals surface area contributed by atoms with E-state index in [9.17, 15) is 0 Å². The van der Waals surface area contributed by atoms with E-state index in [1.54, 1.807) is 7.11 Å². The van der Waals surface area contributed by atoms with Crippen LogP contribution in [0.15, 0.2) is 18.2 Å². The zero-order chi connectivity index (χ0) is 14.4. The Morgan fingerprint density at radius 1 is 1.20 bits per heavy atom. The summed E-state index contributed by atoms with van der Waals surface area (Å²) in [4.78, 5) is 0. The first-order valence-corrected chi connectivity index (χ1v) is 7.97. The molecule has 1 aliphatic rings. The topological polar surface area (TPSA) is 21.3 Å². The van der Waals surface area contributed by atoms with Gasteiger partial charge in [0.2, 0.25) is 0 Å². The predicted molar refractivity (Wildman–Crippen MR) is 85.5 cm³/mol. The summed E-state index contributed by atoms with van der Waals surface area (Å²) in [5.74, 6) is 1.000. The third-order valence-electron chi connectivity index (χ3n) is 4.97. The zero-order valence-electron chi connectivity index (χ0n) is 13.3. The Morgan fingerprint density at radius 3 is 2.55 bits per heavy atom. The molecule has 20 heavy (non-hydrogen) atoms. The smallest absolute Gasteiger partial charge is 0.121 e. The van der Waals surface area contributed by atoms with Crippen LogP contribution in [0.3, 0.4) is 0 Å². The minimum Gasteiger partial charge on any atom is -0.496 e. The number of methoxy groups -OCH3 is 1. The first kappa shape index (κ1) is 15.4. The van der Waals surface area contributed by atoms with Crippen molar-refractivity contribution in [2.24, 2.45) is 5.41 Å². The summed E-state index contributed by atoms with van der Waals surface area (Å²) in [6, 6.07) is 6.63. The lowest BCUT2D eigenvalue weighted by Gasteiger charge is -2.29. The number of nitrogens with one attached hydrogen (secondary N) is 1. The Balaban J connectivity index is 1.97. The summed E-state index contributed by atoms with van der Waals surface area (Å²) in [6.45, 7) is 3.29. The van der Waals surface area contributed by atoms with Gasteiger partial charge in [-0.1, -0.05) is 25.0 Å². The largest absolute Gasteiger partial charge is 0.496 e. The summed E-state index contributed by atoms with van der Waals surface area (Å²) in [7, 11) is 3.81. The Kier molecular flexibility index (Phi) is 5.47. The summed E-state index contributed by atoms with van der Waals surface area (Å²) in [6.07, 6.45) is 9.55. The average Bonchev–Trinajstić information content (AvgIpc) is 2.92. The van der Waals surface area contributed by atoms with Crippen molar-refractivity contribution in [2.45, 2.75) is 51.9 Å². The van der Waals surface area contributed by atoms with Gasteiger partial charge in [-0.05, 0) is 75.2 Å². The summed E-state index contributed by atoms with van der Waals surface area (Å²) >= 11 is 0. The van der Waals surface area contributed by atoms with E-state index in [0.717, 1.165) is 12.3 Å². The lowest BCUT2D eigenvalue weighted by molar-refractivity contribution is 0.247. The molecule has 1 aliphatic carbocycles. The molecular weight excluding hydrogens is 246 g/mol. The second kappa shape index (κ2) is 7.12. The average molecular weight is 275 g/mol. The van der Waals surface area contributed by atoms with Crippen molar-refractivity contribution in [2.75, 3.05) is 20.7 Å². The van der Waals surface area contributed by atoms with Gasteiger partial charge in [0.05, 0.1) is 7.11 Å². The van der Waals surface area contributed by atoms with Crippen LogP contribution in [0.2, 0.25) is 0 Å². The van der Waals surface area contributed by atoms with Gasteiger partial charge in [-0.25, -0.2) is 0 Å². The maximum absolute atomic E-state index is 5.34. The van der Waals surface area contributed by atoms with E-state index in [0.29, 0.717) is 5.41 Å². The monoisotopic (exact) mass is 275 g/mol. The Bertz CT molecular complexity index is 421. The molecule has 0 heterocycles. The van der Waals surface area contributed by atoms with E-state index in [-0.39, 0.29) is 0 Å². The third kappa shape index (κ3) is 3.76. The summed E-state index contributed by atoms with van der Waals surface area (Å²) in [5, 5.41) is 3.33. The second-order valence-corrected chi connectivity index (χ2v) is 6.36. The molecule has 112 valence electrons. The van der Waals surface area contributed by atoms with Gasteiger partial charge in [0.1, 0.15) is 5.75 Å². The number of benzene rings is 1. The first-order chi connectivity index (χ1) is 9.69. The van der Waals surface area contributed by atoms with E-state index >= 15 is 0 Å². The molecule has 2 nitrogen and oxygen atoms in total. The van der Waals surface area contributed by atoms with E-state index in [1.165, 1.54) is 56.1 Å². The lowest BCUT2D eigenvalue weighted by atomic mass is 9.77. The quantitative estimate of drug-likeness (QED) is 0.808. The van der Waals surface area contributed by atoms with Crippen molar-refractivity contribution < 1.29 is 4.74 Å². The Hall–Kier alpha value is -1.02. The van der Waals surface area contributed by atoms with Crippen LogP contribution < -0.4 is 10.1 Å². The SMILES string of the molecule is CNCCC1(CCc2ccc(OC)c(C)c2)CCCC1. The Labute approximate surface area is 123 Å². The Morgan fingerprint density at radius 2 is 1.95 bits per heavy atom. The molecule has 1 N–H and O–H groups in total. The van der Waals surface area contributed by atoms with E-state index in [1.807, 2.05) is 0 Å². The van der Waals surface area contributed by atoms with Gasteiger partial charge in [-0.2, -0.15) is 0 Å². The highest BCUT2D eigenvalue weighted by atomic mass is 16.5. The van der Waals surface area contributed by atoms with Crippen molar-refractivity contribution in [3.8, 4) is 5.75 Å². The molecule has 1 fully saturated rings. The molecule has 0 atom stereocenters. The van der Waals surface area contributed by atoms with Gasteiger partial charge in [0.15, 0.2) is 0 Å². The van der Waals surface area contributed by atoms with Gasteiger partial charge in [-0.15, -0.1) is 0 Å². The van der Waals surface area contributed by atoms with Gasteiger partial charge in [0.25, 0.3) is 0 Å². The lowest BCUT2D eigenvalue weighted by Crippen LogP contribution is -2.23. The molecule has 0 saturated heterocycles. The number of hydrogen-bond acceptors (Lipinski definition) is 2. The number of ether oxygens (including phenoxy) is 1. The minimum atomic E-state index is 0.594. The molecule has 0 unspecified atom stereocenters. The second-order valence-electron chi connectivity index (χ2n) is 6.36. The normalized spacial score (nSPS) is 17.4. The fourth-order valence-corrected chi connectivity index (χ4v) is 3.65. The molecule has 0 bridgehead atoms. The maximum Gasteiger partial charge on any atom is 0.121 e. The molecule has 2 heteroatoms. The molecular formula is C18H29NO. The molecule has 1 aromatic rings. The van der Waals surface area contributed by atoms with Crippen LogP contribution in [0.25, 0.3) is 0 Å². The van der Waals surface area contributed by atoms with Crippen LogP contribution in [0, 0.1) is 12.3 Å². The number of hydrogen-bond donors (Lipinski definition) is 1. The van der Waals surface area contributed by atoms with E-state index < -0.39 is 0 Å². The molecule has 2 rings (SSSR count). The van der Waals surface area contributed by atoms with Crippen LogP contribution in [0.1, 0.15) is 49.7 Å². The van der Waals surface area contributed by atoms with Crippen LogP contribution in [0.4, 0.5) is 0 Å². The highest BCUT2D eigenvalue weighted by molar-refractivity contribution is 5.36. The van der Waals surface area contributed by atoms with Crippen molar-refractivity contribution in [1.82, 2.24) is 5.32 Å². The van der Waals surface area contributed by atoms with Crippen LogP contribution in [0.5, 0.6) is 5.75 Å². The number of rotatable bonds is 7. The van der Waals surface area contributed by atoms with Crippen molar-refractivity contribution in [3.63, 3.8) is 0 Å². The van der Waals surface area contributed by atoms with Crippen LogP contribution in [-0.4, -0.2) is 20.7 Å². The highest BCUT2D eigenvalue weighted by Crippen LogP contribution is 2.44. The standard InChI is InChI=1S/C18H29NO/c1-15-14-16(6-7-17(15)20-3)8-11-18(12-13-19-2)9-4-5-10-18/h6-7,14,19H,4-5,8-13H2,1-3H3. The van der Waals surface area contributed by atoms with Crippen LogP contribution in [-0.2, 0) is 6.42 Å².